The van der Waals surface area contributed by atoms with Crippen LogP contribution in [0.1, 0.15) is 20.7 Å². The van der Waals surface area contributed by atoms with Gasteiger partial charge in [-0.2, -0.15) is 4.31 Å². The van der Waals surface area contributed by atoms with Crippen LogP contribution in [0, 0.1) is 0 Å². The molecule has 1 aromatic carbocycles. The van der Waals surface area contributed by atoms with E-state index in [1.165, 1.54) is 61.2 Å². The number of nitrogens with zero attached hydrogens (tertiary/aromatic N) is 1. The predicted molar refractivity (Wildman–Crippen MR) is 113 cm³/mol. The summed E-state index contributed by atoms with van der Waals surface area (Å²) >= 11 is 1.18. The van der Waals surface area contributed by atoms with Crippen molar-refractivity contribution >= 4 is 38.2 Å². The van der Waals surface area contributed by atoms with Gasteiger partial charge in [0.1, 0.15) is 5.00 Å². The quantitative estimate of drug-likeness (QED) is 0.515. The van der Waals surface area contributed by atoms with E-state index in [0.29, 0.717) is 5.00 Å². The number of hydrogen-bond acceptors (Lipinski definition) is 8. The number of methoxy groups -OCH3 is 3. The Hall–Kier alpha value is -2.31. The molecular formula is C19H24N2O7S2. The molecule has 11 heteroatoms. The molecule has 30 heavy (non-hydrogen) atoms. The molecule has 0 aliphatic heterocycles. The van der Waals surface area contributed by atoms with Crippen molar-refractivity contribution in [2.45, 2.75) is 4.90 Å². The largest absolute Gasteiger partial charge is 0.465 e. The monoisotopic (exact) mass is 456 g/mol. The average Bonchev–Trinajstić information content (AvgIpc) is 3.21. The molecule has 1 amide bonds. The second kappa shape index (κ2) is 11.2. The molecule has 9 nitrogen and oxygen atoms in total. The van der Waals surface area contributed by atoms with Crippen molar-refractivity contribution in [1.82, 2.24) is 4.31 Å². The van der Waals surface area contributed by atoms with Crippen molar-refractivity contribution in [2.24, 2.45) is 0 Å². The van der Waals surface area contributed by atoms with Gasteiger partial charge in [-0.3, -0.25) is 4.79 Å². The summed E-state index contributed by atoms with van der Waals surface area (Å²) < 4.78 is 41.7. The maximum absolute atomic E-state index is 12.9. The minimum Gasteiger partial charge on any atom is -0.465 e. The molecule has 0 fully saturated rings. The van der Waals surface area contributed by atoms with Crippen LogP contribution in [0.25, 0.3) is 0 Å². The fraction of sp³-hybridized carbons (Fsp3) is 0.368. The van der Waals surface area contributed by atoms with E-state index in [4.69, 9.17) is 9.47 Å². The third kappa shape index (κ3) is 5.86. The number of anilines is 1. The first kappa shape index (κ1) is 24.0. The van der Waals surface area contributed by atoms with Gasteiger partial charge in [0.25, 0.3) is 5.91 Å². The molecule has 2 aromatic rings. The molecule has 0 atom stereocenters. The Morgan fingerprint density at radius 1 is 1.00 bits per heavy atom. The Balaban J connectivity index is 2.17. The first-order valence-electron chi connectivity index (χ1n) is 8.90. The predicted octanol–water partition coefficient (Wildman–Crippen LogP) is 2.07. The standard InChI is InChI=1S/C19H24N2O7S2/c1-26-11-9-21(10-12-27-2)30(24,25)15-6-4-14(5-7-15)17(22)20-18-16(8-13-29-18)19(23)28-3/h4-8,13H,9-12H2,1-3H3,(H,20,22). The van der Waals surface area contributed by atoms with E-state index in [-0.39, 0.29) is 42.3 Å². The number of hydrogen-bond donors (Lipinski definition) is 1. The number of benzene rings is 1. The Morgan fingerprint density at radius 2 is 1.60 bits per heavy atom. The molecular weight excluding hydrogens is 432 g/mol. The van der Waals surface area contributed by atoms with Crippen LogP contribution < -0.4 is 5.32 Å². The van der Waals surface area contributed by atoms with Crippen LogP contribution >= 0.6 is 11.3 Å². The Bertz CT molecular complexity index is 948. The van der Waals surface area contributed by atoms with Gasteiger partial charge in [-0.25, -0.2) is 13.2 Å². The number of rotatable bonds is 11. The highest BCUT2D eigenvalue weighted by Crippen LogP contribution is 2.25. The van der Waals surface area contributed by atoms with Gasteiger partial charge in [-0.15, -0.1) is 11.3 Å². The summed E-state index contributed by atoms with van der Waals surface area (Å²) in [7, 11) is 0.468. The molecule has 0 saturated carbocycles. The summed E-state index contributed by atoms with van der Waals surface area (Å²) in [5.41, 5.74) is 0.500. The molecule has 0 aliphatic carbocycles. The van der Waals surface area contributed by atoms with Crippen molar-refractivity contribution in [2.75, 3.05) is 52.9 Å². The van der Waals surface area contributed by atoms with Crippen LogP contribution in [-0.4, -0.2) is 72.2 Å². The van der Waals surface area contributed by atoms with Crippen LogP contribution in [0.15, 0.2) is 40.6 Å². The fourth-order valence-electron chi connectivity index (χ4n) is 2.52. The number of carbonyl (C=O) groups is 2. The zero-order chi connectivity index (χ0) is 22.1. The highest BCUT2D eigenvalue weighted by Gasteiger charge is 2.24. The number of thiophene rings is 1. The van der Waals surface area contributed by atoms with E-state index < -0.39 is 21.9 Å². The Labute approximate surface area is 179 Å². The molecule has 0 radical (unpaired) electrons. The highest BCUT2D eigenvalue weighted by molar-refractivity contribution is 7.89. The van der Waals surface area contributed by atoms with Crippen LogP contribution in [0.3, 0.4) is 0 Å². The Kier molecular flexibility index (Phi) is 8.93. The normalized spacial score (nSPS) is 11.5. The first-order chi connectivity index (χ1) is 14.3. The molecule has 1 heterocycles. The van der Waals surface area contributed by atoms with Gasteiger partial charge < -0.3 is 19.5 Å². The number of amides is 1. The van der Waals surface area contributed by atoms with Crippen molar-refractivity contribution in [3.63, 3.8) is 0 Å². The number of sulfonamides is 1. The second-order valence-corrected chi connectivity index (χ2v) is 8.88. The Morgan fingerprint density at radius 3 is 2.13 bits per heavy atom. The summed E-state index contributed by atoms with van der Waals surface area (Å²) in [6.07, 6.45) is 0. The van der Waals surface area contributed by atoms with Crippen molar-refractivity contribution < 1.29 is 32.2 Å². The molecule has 164 valence electrons. The molecule has 0 bridgehead atoms. The van der Waals surface area contributed by atoms with Crippen molar-refractivity contribution in [3.8, 4) is 0 Å². The van der Waals surface area contributed by atoms with Crippen LogP contribution in [-0.2, 0) is 24.2 Å². The van der Waals surface area contributed by atoms with Crippen LogP contribution in [0.4, 0.5) is 5.00 Å². The zero-order valence-electron chi connectivity index (χ0n) is 16.9. The van der Waals surface area contributed by atoms with E-state index in [1.807, 2.05) is 0 Å². The summed E-state index contributed by atoms with van der Waals surface area (Å²) in [6, 6.07) is 7.12. The summed E-state index contributed by atoms with van der Waals surface area (Å²) in [5.74, 6) is -1.03. The highest BCUT2D eigenvalue weighted by atomic mass is 32.2. The van der Waals surface area contributed by atoms with Crippen molar-refractivity contribution in [1.29, 1.82) is 0 Å². The van der Waals surface area contributed by atoms with Crippen LogP contribution in [0.2, 0.25) is 0 Å². The van der Waals surface area contributed by atoms with Gasteiger partial charge in [0.05, 0.1) is 30.8 Å². The maximum Gasteiger partial charge on any atom is 0.340 e. The van der Waals surface area contributed by atoms with E-state index in [0.717, 1.165) is 0 Å². The lowest BCUT2D eigenvalue weighted by atomic mass is 10.2. The number of ether oxygens (including phenoxy) is 3. The third-order valence-corrected chi connectivity index (χ3v) is 6.88. The number of esters is 1. The minimum atomic E-state index is -3.78. The zero-order valence-corrected chi connectivity index (χ0v) is 18.5. The average molecular weight is 457 g/mol. The summed E-state index contributed by atoms with van der Waals surface area (Å²) in [4.78, 5) is 24.3. The molecule has 0 spiro atoms. The minimum absolute atomic E-state index is 0.0534. The smallest absolute Gasteiger partial charge is 0.340 e. The second-order valence-electron chi connectivity index (χ2n) is 6.02. The SMILES string of the molecule is COCCN(CCOC)S(=O)(=O)c1ccc(C(=O)Nc2sccc2C(=O)OC)cc1. The topological polar surface area (TPSA) is 111 Å². The number of nitrogens with one attached hydrogen (secondary N) is 1. The molecule has 0 aliphatic rings. The molecule has 0 unspecified atom stereocenters. The van der Waals surface area contributed by atoms with Gasteiger partial charge in [0, 0.05) is 32.9 Å². The summed E-state index contributed by atoms with van der Waals surface area (Å²) in [6.45, 7) is 0.845. The maximum atomic E-state index is 12.9. The summed E-state index contributed by atoms with van der Waals surface area (Å²) in [5, 5.41) is 4.66. The van der Waals surface area contributed by atoms with Crippen molar-refractivity contribution in [3.05, 3.63) is 46.8 Å². The van der Waals surface area contributed by atoms with Gasteiger partial charge in [0.15, 0.2) is 0 Å². The van der Waals surface area contributed by atoms with E-state index in [2.05, 4.69) is 10.1 Å². The van der Waals surface area contributed by atoms with Crippen LogP contribution in [0.5, 0.6) is 0 Å². The van der Waals surface area contributed by atoms with E-state index in [9.17, 15) is 18.0 Å². The lowest BCUT2D eigenvalue weighted by Crippen LogP contribution is -2.36. The van der Waals surface area contributed by atoms with Gasteiger partial charge >= 0.3 is 5.97 Å². The lowest BCUT2D eigenvalue weighted by Gasteiger charge is -2.21. The third-order valence-electron chi connectivity index (χ3n) is 4.14. The molecule has 2 rings (SSSR count). The van der Waals surface area contributed by atoms with Gasteiger partial charge in [-0.1, -0.05) is 0 Å². The fourth-order valence-corrected chi connectivity index (χ4v) is 4.70. The number of carbonyl (C=O) groups excluding carboxylic acids is 2. The van der Waals surface area contributed by atoms with E-state index in [1.54, 1.807) is 11.4 Å². The van der Waals surface area contributed by atoms with Gasteiger partial charge in [-0.05, 0) is 35.7 Å². The van der Waals surface area contributed by atoms with Gasteiger partial charge in [0.2, 0.25) is 10.0 Å². The van der Waals surface area contributed by atoms with E-state index >= 15 is 0 Å². The molecule has 1 N–H and O–H groups in total. The molecule has 0 saturated heterocycles. The first-order valence-corrected chi connectivity index (χ1v) is 11.2. The lowest BCUT2D eigenvalue weighted by molar-refractivity contribution is 0.0602. The molecule has 1 aromatic heterocycles.